The van der Waals surface area contributed by atoms with Gasteiger partial charge in [0.25, 0.3) is 0 Å². The van der Waals surface area contributed by atoms with Crippen LogP contribution in [0, 0.1) is 0 Å². The van der Waals surface area contributed by atoms with Crippen molar-refractivity contribution in [1.29, 1.82) is 0 Å². The van der Waals surface area contributed by atoms with E-state index >= 15 is 0 Å². The van der Waals surface area contributed by atoms with E-state index in [1.807, 2.05) is 6.07 Å². The molecule has 0 bridgehead atoms. The van der Waals surface area contributed by atoms with Gasteiger partial charge in [0.05, 0.1) is 17.5 Å². The van der Waals surface area contributed by atoms with E-state index in [0.29, 0.717) is 18.1 Å². The summed E-state index contributed by atoms with van der Waals surface area (Å²) in [7, 11) is 1.56. The lowest BCUT2D eigenvalue weighted by molar-refractivity contribution is -0.123. The fraction of sp³-hybridized carbons (Fsp3) is 0.571. The fourth-order valence-electron chi connectivity index (χ4n) is 2.44. The Balaban J connectivity index is 0.00000242. The molecule has 1 aromatic heterocycles. The van der Waals surface area contributed by atoms with E-state index in [4.69, 9.17) is 22.1 Å². The molecule has 0 aliphatic carbocycles. The summed E-state index contributed by atoms with van der Waals surface area (Å²) in [4.78, 5) is 18.3. The first kappa shape index (κ1) is 22.2. The maximum Gasteiger partial charge on any atom is 0.222 e. The second-order valence-corrected chi connectivity index (χ2v) is 5.51. The summed E-state index contributed by atoms with van der Waals surface area (Å²) in [6.07, 6.45) is 2.65. The minimum absolute atomic E-state index is 0. The molecule has 2 unspecified atom stereocenters. The van der Waals surface area contributed by atoms with Gasteiger partial charge in [-0.15, -0.1) is 24.8 Å². The summed E-state index contributed by atoms with van der Waals surface area (Å²) in [6.45, 7) is 1.87. The predicted octanol–water partition coefficient (Wildman–Crippen LogP) is 1.64. The average molecular weight is 386 g/mol. The van der Waals surface area contributed by atoms with Crippen molar-refractivity contribution in [3.8, 4) is 0 Å². The van der Waals surface area contributed by atoms with Gasteiger partial charge in [0.1, 0.15) is 5.82 Å². The normalized spacial score (nSPS) is 17.9. The molecule has 2 rings (SSSR count). The number of hydrogen-bond donors (Lipinski definition) is 2. The quantitative estimate of drug-likeness (QED) is 0.778. The number of halogens is 3. The van der Waals surface area contributed by atoms with E-state index < -0.39 is 0 Å². The second kappa shape index (κ2) is 10.9. The minimum Gasteiger partial charge on any atom is -0.380 e. The summed E-state index contributed by atoms with van der Waals surface area (Å²) < 4.78 is 5.12. The number of hydrogen-bond acceptors (Lipinski definition) is 5. The van der Waals surface area contributed by atoms with Crippen molar-refractivity contribution < 1.29 is 9.53 Å². The third-order valence-electron chi connectivity index (χ3n) is 3.60. The molecule has 1 amide bonds. The van der Waals surface area contributed by atoms with Crippen molar-refractivity contribution in [1.82, 2.24) is 10.3 Å². The monoisotopic (exact) mass is 384 g/mol. The minimum atomic E-state index is -0.229. The number of rotatable bonds is 6. The number of carbonyl (C=O) groups is 1. The highest BCUT2D eigenvalue weighted by atomic mass is 35.5. The van der Waals surface area contributed by atoms with Crippen molar-refractivity contribution in [3.63, 3.8) is 0 Å². The predicted molar refractivity (Wildman–Crippen MR) is 97.0 cm³/mol. The smallest absolute Gasteiger partial charge is 0.222 e. The average Bonchev–Trinajstić information content (AvgIpc) is 2.93. The van der Waals surface area contributed by atoms with E-state index in [9.17, 15) is 4.79 Å². The Morgan fingerprint density at radius 1 is 1.61 bits per heavy atom. The fourth-order valence-corrected chi connectivity index (χ4v) is 2.68. The molecule has 23 heavy (non-hydrogen) atoms. The molecule has 0 saturated carbocycles. The van der Waals surface area contributed by atoms with Crippen molar-refractivity contribution in [2.24, 2.45) is 5.73 Å². The maximum absolute atomic E-state index is 11.9. The number of ether oxygens (including phenoxy) is 1. The molecule has 1 aliphatic heterocycles. The summed E-state index contributed by atoms with van der Waals surface area (Å²) in [5.41, 5.74) is 5.52. The molecule has 0 aromatic carbocycles. The number of nitrogens with one attached hydrogen (secondary N) is 1. The first-order valence-corrected chi connectivity index (χ1v) is 7.39. The standard InChI is InChI=1S/C14H21ClN4O2.2ClH/c1-21-11(8-16)7-13(20)18-10-4-6-19(9-10)14-12(15)3-2-5-17-14;;/h2-3,5,10-11H,4,6-9,16H2,1H3,(H,18,20);2*1H. The molecular formula is C14H23Cl3N4O2. The van der Waals surface area contributed by atoms with Crippen LogP contribution in [0.1, 0.15) is 12.8 Å². The van der Waals surface area contributed by atoms with Gasteiger partial charge in [0.15, 0.2) is 0 Å². The van der Waals surface area contributed by atoms with E-state index in [2.05, 4.69) is 15.2 Å². The van der Waals surface area contributed by atoms with Crippen LogP contribution in [-0.4, -0.2) is 49.8 Å². The van der Waals surface area contributed by atoms with Crippen LogP contribution in [0.2, 0.25) is 5.02 Å². The summed E-state index contributed by atoms with van der Waals surface area (Å²) in [6, 6.07) is 3.73. The molecule has 9 heteroatoms. The van der Waals surface area contributed by atoms with Gasteiger partial charge in [-0.1, -0.05) is 11.6 Å². The number of carbonyl (C=O) groups excluding carboxylic acids is 1. The molecule has 0 spiro atoms. The lowest BCUT2D eigenvalue weighted by Gasteiger charge is -2.19. The van der Waals surface area contributed by atoms with E-state index in [1.54, 1.807) is 19.4 Å². The highest BCUT2D eigenvalue weighted by molar-refractivity contribution is 6.32. The van der Waals surface area contributed by atoms with Crippen LogP contribution < -0.4 is 16.0 Å². The molecule has 0 radical (unpaired) electrons. The Morgan fingerprint density at radius 3 is 2.96 bits per heavy atom. The van der Waals surface area contributed by atoms with Gasteiger partial charge in [0, 0.05) is 39.0 Å². The molecule has 2 atom stereocenters. The van der Waals surface area contributed by atoms with Crippen LogP contribution in [-0.2, 0) is 9.53 Å². The Hall–Kier alpha value is -0.790. The first-order valence-electron chi connectivity index (χ1n) is 7.01. The van der Waals surface area contributed by atoms with Gasteiger partial charge in [-0.05, 0) is 18.6 Å². The molecule has 3 N–H and O–H groups in total. The number of pyridine rings is 1. The number of nitrogens with two attached hydrogens (primary N) is 1. The number of aromatic nitrogens is 1. The Kier molecular flexibility index (Phi) is 10.5. The first-order chi connectivity index (χ1) is 10.1. The highest BCUT2D eigenvalue weighted by Crippen LogP contribution is 2.25. The molecule has 6 nitrogen and oxygen atoms in total. The topological polar surface area (TPSA) is 80.5 Å². The van der Waals surface area contributed by atoms with Crippen LogP contribution in [0.5, 0.6) is 0 Å². The maximum atomic E-state index is 11.9. The summed E-state index contributed by atoms with van der Waals surface area (Å²) in [5.74, 6) is 0.735. The molecule has 1 aromatic rings. The summed E-state index contributed by atoms with van der Waals surface area (Å²) >= 11 is 6.14. The van der Waals surface area contributed by atoms with Crippen molar-refractivity contribution in [3.05, 3.63) is 23.4 Å². The highest BCUT2D eigenvalue weighted by Gasteiger charge is 2.26. The van der Waals surface area contributed by atoms with Crippen molar-refractivity contribution in [2.75, 3.05) is 31.6 Å². The van der Waals surface area contributed by atoms with Gasteiger partial charge in [-0.3, -0.25) is 4.79 Å². The zero-order valence-corrected chi connectivity index (χ0v) is 15.3. The Morgan fingerprint density at radius 2 is 2.35 bits per heavy atom. The number of amides is 1. The molecule has 1 saturated heterocycles. The van der Waals surface area contributed by atoms with Crippen LogP contribution >= 0.6 is 36.4 Å². The molecular weight excluding hydrogens is 363 g/mol. The summed E-state index contributed by atoms with van der Waals surface area (Å²) in [5, 5.41) is 3.64. The van der Waals surface area contributed by atoms with Gasteiger partial charge in [-0.2, -0.15) is 0 Å². The van der Waals surface area contributed by atoms with Crippen LogP contribution in [0.3, 0.4) is 0 Å². The van der Waals surface area contributed by atoms with Gasteiger partial charge in [0.2, 0.25) is 5.91 Å². The lowest BCUT2D eigenvalue weighted by Crippen LogP contribution is -2.40. The third-order valence-corrected chi connectivity index (χ3v) is 3.90. The molecule has 2 heterocycles. The SMILES string of the molecule is COC(CN)CC(=O)NC1CCN(c2ncccc2Cl)C1.Cl.Cl. The van der Waals surface area contributed by atoms with E-state index in [1.165, 1.54) is 0 Å². The number of nitrogens with zero attached hydrogens (tertiary/aromatic N) is 2. The van der Waals surface area contributed by atoms with Gasteiger partial charge in [-0.25, -0.2) is 4.98 Å². The molecule has 1 fully saturated rings. The zero-order chi connectivity index (χ0) is 15.2. The third kappa shape index (κ3) is 6.31. The molecule has 132 valence electrons. The van der Waals surface area contributed by atoms with E-state index in [-0.39, 0.29) is 49.3 Å². The second-order valence-electron chi connectivity index (χ2n) is 5.11. The van der Waals surface area contributed by atoms with E-state index in [0.717, 1.165) is 18.8 Å². The lowest BCUT2D eigenvalue weighted by atomic mass is 10.2. The van der Waals surface area contributed by atoms with Crippen LogP contribution in [0.4, 0.5) is 5.82 Å². The Labute approximate surface area is 153 Å². The van der Waals surface area contributed by atoms with Gasteiger partial charge >= 0.3 is 0 Å². The zero-order valence-electron chi connectivity index (χ0n) is 12.9. The van der Waals surface area contributed by atoms with Crippen LogP contribution in [0.15, 0.2) is 18.3 Å². The van der Waals surface area contributed by atoms with Crippen LogP contribution in [0.25, 0.3) is 0 Å². The van der Waals surface area contributed by atoms with Crippen molar-refractivity contribution >= 4 is 48.1 Å². The Bertz CT molecular complexity index is 489. The number of anilines is 1. The van der Waals surface area contributed by atoms with Gasteiger partial charge < -0.3 is 20.7 Å². The van der Waals surface area contributed by atoms with Crippen molar-refractivity contribution in [2.45, 2.75) is 25.0 Å². The molecule has 1 aliphatic rings. The largest absolute Gasteiger partial charge is 0.380 e. The number of methoxy groups -OCH3 is 1.